The fraction of sp³-hybridized carbons (Fsp3) is 0.263. The van der Waals surface area contributed by atoms with E-state index in [2.05, 4.69) is 20.2 Å². The first-order valence-corrected chi connectivity index (χ1v) is 8.63. The Morgan fingerprint density at radius 3 is 2.88 bits per heavy atom. The van der Waals surface area contributed by atoms with Crippen LogP contribution in [0.25, 0.3) is 0 Å². The zero-order valence-electron chi connectivity index (χ0n) is 14.2. The molecule has 1 aliphatic heterocycles. The summed E-state index contributed by atoms with van der Waals surface area (Å²) in [7, 11) is 0. The highest BCUT2D eigenvalue weighted by Crippen LogP contribution is 2.28. The number of aromatic amines is 1. The normalized spacial score (nSPS) is 17.1. The first kappa shape index (κ1) is 16.3. The van der Waals surface area contributed by atoms with E-state index in [9.17, 15) is 4.79 Å². The van der Waals surface area contributed by atoms with Gasteiger partial charge in [0.25, 0.3) is 5.91 Å². The molecular weight excluding hydrogens is 330 g/mol. The van der Waals surface area contributed by atoms with Gasteiger partial charge in [0, 0.05) is 31.4 Å². The Kier molecular flexibility index (Phi) is 4.59. The maximum atomic E-state index is 12.5. The van der Waals surface area contributed by atoms with Crippen LogP contribution in [0, 0.1) is 0 Å². The lowest BCUT2D eigenvalue weighted by atomic mass is 9.95. The van der Waals surface area contributed by atoms with Gasteiger partial charge < -0.3 is 9.64 Å². The van der Waals surface area contributed by atoms with Crippen LogP contribution in [0.1, 0.15) is 34.9 Å². The summed E-state index contributed by atoms with van der Waals surface area (Å²) in [6, 6.07) is 11.2. The predicted octanol–water partition coefficient (Wildman–Crippen LogP) is 3.01. The van der Waals surface area contributed by atoms with E-state index in [-0.39, 0.29) is 11.8 Å². The fourth-order valence-electron chi connectivity index (χ4n) is 3.17. The minimum absolute atomic E-state index is 0.0307. The van der Waals surface area contributed by atoms with Gasteiger partial charge in [-0.3, -0.25) is 14.9 Å². The lowest BCUT2D eigenvalue weighted by Gasteiger charge is -2.32. The SMILES string of the molecule is O=C(c1ccn[nH]1)N1CCCC(c2cncc(Oc3ccccc3)n2)C1. The van der Waals surface area contributed by atoms with Crippen LogP contribution in [0.4, 0.5) is 0 Å². The summed E-state index contributed by atoms with van der Waals surface area (Å²) in [4.78, 5) is 23.3. The maximum Gasteiger partial charge on any atom is 0.271 e. The number of ether oxygens (including phenoxy) is 1. The molecule has 1 N–H and O–H groups in total. The van der Waals surface area contributed by atoms with Crippen LogP contribution < -0.4 is 4.74 Å². The third-order valence-corrected chi connectivity index (χ3v) is 4.45. The average molecular weight is 349 g/mol. The number of likely N-dealkylation sites (tertiary alicyclic amines) is 1. The van der Waals surface area contributed by atoms with Crippen molar-refractivity contribution in [2.75, 3.05) is 13.1 Å². The van der Waals surface area contributed by atoms with Crippen molar-refractivity contribution in [2.24, 2.45) is 0 Å². The van der Waals surface area contributed by atoms with Gasteiger partial charge in [0.15, 0.2) is 0 Å². The van der Waals surface area contributed by atoms with E-state index in [4.69, 9.17) is 4.74 Å². The molecule has 0 radical (unpaired) electrons. The summed E-state index contributed by atoms with van der Waals surface area (Å²) < 4.78 is 5.78. The van der Waals surface area contributed by atoms with Crippen molar-refractivity contribution in [2.45, 2.75) is 18.8 Å². The summed E-state index contributed by atoms with van der Waals surface area (Å²) >= 11 is 0. The Morgan fingerprint density at radius 2 is 2.08 bits per heavy atom. The Hall–Kier alpha value is -3.22. The van der Waals surface area contributed by atoms with Gasteiger partial charge in [-0.25, -0.2) is 4.98 Å². The number of aromatic nitrogens is 4. The second kappa shape index (κ2) is 7.35. The molecule has 7 heteroatoms. The minimum atomic E-state index is -0.0307. The largest absolute Gasteiger partial charge is 0.437 e. The Morgan fingerprint density at radius 1 is 1.19 bits per heavy atom. The molecule has 0 aliphatic carbocycles. The molecule has 1 atom stereocenters. The molecule has 1 fully saturated rings. The molecule has 3 aromatic rings. The highest BCUT2D eigenvalue weighted by Gasteiger charge is 2.27. The molecule has 4 rings (SSSR count). The van der Waals surface area contributed by atoms with Crippen LogP contribution in [0.3, 0.4) is 0 Å². The molecule has 0 bridgehead atoms. The van der Waals surface area contributed by atoms with E-state index in [0.717, 1.165) is 30.8 Å². The molecule has 3 heterocycles. The van der Waals surface area contributed by atoms with E-state index in [1.807, 2.05) is 35.2 Å². The van der Waals surface area contributed by atoms with E-state index in [1.54, 1.807) is 24.7 Å². The number of para-hydroxylation sites is 1. The molecule has 1 aromatic carbocycles. The number of piperidine rings is 1. The van der Waals surface area contributed by atoms with E-state index in [1.165, 1.54) is 0 Å². The van der Waals surface area contributed by atoms with Crippen LogP contribution in [-0.2, 0) is 0 Å². The minimum Gasteiger partial charge on any atom is -0.437 e. The summed E-state index contributed by atoms with van der Waals surface area (Å²) in [5.41, 5.74) is 1.36. The number of carbonyl (C=O) groups is 1. The van der Waals surface area contributed by atoms with Gasteiger partial charge in [0.1, 0.15) is 11.4 Å². The van der Waals surface area contributed by atoms with Crippen LogP contribution in [0.2, 0.25) is 0 Å². The predicted molar refractivity (Wildman–Crippen MR) is 95.0 cm³/mol. The molecule has 1 aliphatic rings. The van der Waals surface area contributed by atoms with Gasteiger partial charge in [-0.05, 0) is 31.0 Å². The van der Waals surface area contributed by atoms with Crippen molar-refractivity contribution in [3.05, 3.63) is 66.4 Å². The standard InChI is InChI=1S/C19H19N5O2/c25-19(16-8-9-21-23-16)24-10-4-5-14(13-24)17-11-20-12-18(22-17)26-15-6-2-1-3-7-15/h1-3,6-9,11-12,14H,4-5,10,13H2,(H,21,23). The zero-order valence-corrected chi connectivity index (χ0v) is 14.2. The van der Waals surface area contributed by atoms with Crippen molar-refractivity contribution in [3.8, 4) is 11.6 Å². The number of carbonyl (C=O) groups excluding carboxylic acids is 1. The summed E-state index contributed by atoms with van der Waals surface area (Å²) in [6.07, 6.45) is 6.84. The number of nitrogens with one attached hydrogen (secondary N) is 1. The fourth-order valence-corrected chi connectivity index (χ4v) is 3.17. The number of benzene rings is 1. The van der Waals surface area contributed by atoms with Crippen molar-refractivity contribution in [1.82, 2.24) is 25.1 Å². The molecule has 1 saturated heterocycles. The molecule has 7 nitrogen and oxygen atoms in total. The highest BCUT2D eigenvalue weighted by atomic mass is 16.5. The number of amides is 1. The summed E-state index contributed by atoms with van der Waals surface area (Å²) in [5.74, 6) is 1.30. The maximum absolute atomic E-state index is 12.5. The van der Waals surface area contributed by atoms with Gasteiger partial charge in [-0.2, -0.15) is 5.10 Å². The second-order valence-corrected chi connectivity index (χ2v) is 6.26. The van der Waals surface area contributed by atoms with Gasteiger partial charge in [0.05, 0.1) is 11.9 Å². The molecule has 0 spiro atoms. The number of hydrogen-bond donors (Lipinski definition) is 1. The number of nitrogens with zero attached hydrogens (tertiary/aromatic N) is 4. The van der Waals surface area contributed by atoms with Crippen molar-refractivity contribution in [1.29, 1.82) is 0 Å². The smallest absolute Gasteiger partial charge is 0.271 e. The summed E-state index contributed by atoms with van der Waals surface area (Å²) in [5, 5.41) is 6.59. The number of hydrogen-bond acceptors (Lipinski definition) is 5. The van der Waals surface area contributed by atoms with Crippen LogP contribution >= 0.6 is 0 Å². The molecular formula is C19H19N5O2. The molecule has 1 amide bonds. The highest BCUT2D eigenvalue weighted by molar-refractivity contribution is 5.92. The first-order valence-electron chi connectivity index (χ1n) is 8.63. The monoisotopic (exact) mass is 349 g/mol. The third kappa shape index (κ3) is 3.56. The topological polar surface area (TPSA) is 84.0 Å². The first-order chi connectivity index (χ1) is 12.8. The number of H-pyrrole nitrogens is 1. The molecule has 1 unspecified atom stereocenters. The van der Waals surface area contributed by atoms with Crippen molar-refractivity contribution in [3.63, 3.8) is 0 Å². The lowest BCUT2D eigenvalue weighted by molar-refractivity contribution is 0.0699. The number of rotatable bonds is 4. The third-order valence-electron chi connectivity index (χ3n) is 4.45. The van der Waals surface area contributed by atoms with Gasteiger partial charge in [-0.1, -0.05) is 18.2 Å². The average Bonchev–Trinajstić information content (AvgIpc) is 3.23. The molecule has 2 aromatic heterocycles. The van der Waals surface area contributed by atoms with E-state index >= 15 is 0 Å². The Bertz CT molecular complexity index is 867. The van der Waals surface area contributed by atoms with Gasteiger partial charge in [-0.15, -0.1) is 0 Å². The molecule has 0 saturated carbocycles. The van der Waals surface area contributed by atoms with Crippen LogP contribution in [0.15, 0.2) is 55.0 Å². The van der Waals surface area contributed by atoms with E-state index < -0.39 is 0 Å². The van der Waals surface area contributed by atoms with Crippen LogP contribution in [-0.4, -0.2) is 44.1 Å². The second-order valence-electron chi connectivity index (χ2n) is 6.26. The Balaban J connectivity index is 1.48. The summed E-state index contributed by atoms with van der Waals surface area (Å²) in [6.45, 7) is 1.35. The van der Waals surface area contributed by atoms with Crippen LogP contribution in [0.5, 0.6) is 11.6 Å². The van der Waals surface area contributed by atoms with Crippen molar-refractivity contribution < 1.29 is 9.53 Å². The quantitative estimate of drug-likeness (QED) is 0.783. The van der Waals surface area contributed by atoms with Crippen molar-refractivity contribution >= 4 is 5.91 Å². The molecule has 132 valence electrons. The molecule has 26 heavy (non-hydrogen) atoms. The van der Waals surface area contributed by atoms with E-state index in [0.29, 0.717) is 18.1 Å². The van der Waals surface area contributed by atoms with Gasteiger partial charge >= 0.3 is 0 Å². The lowest BCUT2D eigenvalue weighted by Crippen LogP contribution is -2.39. The zero-order chi connectivity index (χ0) is 17.8. The Labute approximate surface area is 151 Å². The van der Waals surface area contributed by atoms with Gasteiger partial charge in [0.2, 0.25) is 5.88 Å².